The van der Waals surface area contributed by atoms with E-state index in [-0.39, 0.29) is 28.3 Å². The third-order valence-corrected chi connectivity index (χ3v) is 9.31. The summed E-state index contributed by atoms with van der Waals surface area (Å²) in [7, 11) is -3.97. The van der Waals surface area contributed by atoms with Crippen molar-refractivity contribution in [1.82, 2.24) is 4.72 Å². The zero-order chi connectivity index (χ0) is 27.8. The molecule has 39 heavy (non-hydrogen) atoms. The molecular weight excluding hydrogens is 520 g/mol. The van der Waals surface area contributed by atoms with Crippen LogP contribution < -0.4 is 19.5 Å². The van der Waals surface area contributed by atoms with Crippen LogP contribution in [-0.4, -0.2) is 50.1 Å². The van der Waals surface area contributed by atoms with E-state index in [2.05, 4.69) is 10.0 Å². The largest absolute Gasteiger partial charge is 0.454 e. The summed E-state index contributed by atoms with van der Waals surface area (Å²) in [6.45, 7) is 2.77. The van der Waals surface area contributed by atoms with E-state index in [4.69, 9.17) is 9.47 Å². The molecule has 1 saturated carbocycles. The molecule has 10 heteroatoms. The van der Waals surface area contributed by atoms with Gasteiger partial charge < -0.3 is 25.0 Å². The highest BCUT2D eigenvalue weighted by molar-refractivity contribution is 7.89. The molecule has 1 fully saturated rings. The molecule has 9 nitrogen and oxygen atoms in total. The molecule has 212 valence electrons. The van der Waals surface area contributed by atoms with E-state index in [9.17, 15) is 23.4 Å². The summed E-state index contributed by atoms with van der Waals surface area (Å²) < 4.78 is 39.1. The molecular formula is C29H38N2O7S. The van der Waals surface area contributed by atoms with Gasteiger partial charge in [0.15, 0.2) is 11.5 Å². The molecule has 3 aromatic carbocycles. The molecule has 0 saturated heterocycles. The second kappa shape index (κ2) is 10.3. The number of hydrogen-bond acceptors (Lipinski definition) is 7. The number of aliphatic hydroxyl groups excluding tert-OH is 2. The summed E-state index contributed by atoms with van der Waals surface area (Å²) in [6.07, 6.45) is 1.71. The average molecular weight is 559 g/mol. The SMILES string of the molecule is CCC(CO)(CO)NS(=O)(=O)c1ccc(-c2cc(NC(=O)C3(c4ccc5c(c4)OCO5)CC3)ccc2C)cc1.[HH].[HH].[HH]. The van der Waals surface area contributed by atoms with Crippen LogP contribution in [0.2, 0.25) is 0 Å². The third-order valence-electron chi connectivity index (χ3n) is 7.71. The standard InChI is InChI=1S/C29H32N2O7S.3H2/c1-3-28(16-32,17-33)31-39(35,36)23-9-5-20(6-10-23)24-15-22(8-4-19(24)2)30-27(34)29(12-13-29)21-7-11-25-26(14-21)38-18-37-25;;;/h4-11,14-15,31-33H,3,12-13,16-18H2,1-2H3,(H,30,34);3*1H. The van der Waals surface area contributed by atoms with Crippen molar-refractivity contribution in [2.45, 2.75) is 49.0 Å². The summed E-state index contributed by atoms with van der Waals surface area (Å²) in [5.74, 6) is 1.24. The maximum Gasteiger partial charge on any atom is 0.241 e. The van der Waals surface area contributed by atoms with Crippen LogP contribution in [0.25, 0.3) is 11.1 Å². The molecule has 5 rings (SSSR count). The number of hydrogen-bond donors (Lipinski definition) is 4. The molecule has 3 aromatic rings. The van der Waals surface area contributed by atoms with Gasteiger partial charge in [-0.25, -0.2) is 13.1 Å². The van der Waals surface area contributed by atoms with Crippen LogP contribution in [0.1, 0.15) is 41.6 Å². The van der Waals surface area contributed by atoms with Crippen LogP contribution in [0.3, 0.4) is 0 Å². The fourth-order valence-corrected chi connectivity index (χ4v) is 6.25. The Morgan fingerprint density at radius 1 is 1.00 bits per heavy atom. The maximum absolute atomic E-state index is 13.4. The average Bonchev–Trinajstić information content (AvgIpc) is 3.63. The first-order valence-electron chi connectivity index (χ1n) is 12.8. The van der Waals surface area contributed by atoms with Gasteiger partial charge in [-0.1, -0.05) is 31.2 Å². The van der Waals surface area contributed by atoms with E-state index in [1.54, 1.807) is 19.1 Å². The van der Waals surface area contributed by atoms with Crippen molar-refractivity contribution in [2.75, 3.05) is 25.3 Å². The van der Waals surface area contributed by atoms with E-state index in [1.165, 1.54) is 12.1 Å². The minimum absolute atomic E-state index is 0. The molecule has 1 aliphatic carbocycles. The van der Waals surface area contributed by atoms with Crippen molar-refractivity contribution in [3.63, 3.8) is 0 Å². The molecule has 0 aromatic heterocycles. The normalized spacial score (nSPS) is 15.7. The first-order chi connectivity index (χ1) is 18.6. The molecule has 2 aliphatic rings. The number of nitrogens with one attached hydrogen (secondary N) is 2. The molecule has 1 aliphatic heterocycles. The van der Waals surface area contributed by atoms with Gasteiger partial charge in [0.2, 0.25) is 22.7 Å². The summed E-state index contributed by atoms with van der Waals surface area (Å²) in [5, 5.41) is 22.3. The highest BCUT2D eigenvalue weighted by atomic mass is 32.2. The smallest absolute Gasteiger partial charge is 0.241 e. The molecule has 0 atom stereocenters. The monoisotopic (exact) mass is 558 g/mol. The Morgan fingerprint density at radius 2 is 1.69 bits per heavy atom. The number of carbonyl (C=O) groups excluding carboxylic acids is 1. The van der Waals surface area contributed by atoms with Gasteiger partial charge in [0.1, 0.15) is 0 Å². The van der Waals surface area contributed by atoms with Gasteiger partial charge in [-0.05, 0) is 84.8 Å². The number of rotatable bonds is 10. The lowest BCUT2D eigenvalue weighted by Crippen LogP contribution is -2.53. The van der Waals surface area contributed by atoms with Crippen molar-refractivity contribution >= 4 is 21.6 Å². The Kier molecular flexibility index (Phi) is 7.15. The first kappa shape index (κ1) is 27.1. The number of aliphatic hydroxyl groups is 2. The number of aryl methyl sites for hydroxylation is 1. The Bertz CT molecular complexity index is 1500. The van der Waals surface area contributed by atoms with Gasteiger partial charge in [0.05, 0.1) is 29.1 Å². The fourth-order valence-electron chi connectivity index (χ4n) is 4.80. The van der Waals surface area contributed by atoms with Crippen molar-refractivity contribution in [3.05, 3.63) is 71.8 Å². The lowest BCUT2D eigenvalue weighted by Gasteiger charge is -2.29. The summed E-state index contributed by atoms with van der Waals surface area (Å²) in [4.78, 5) is 13.4. The van der Waals surface area contributed by atoms with E-state index in [1.807, 2.05) is 43.3 Å². The second-order valence-corrected chi connectivity index (χ2v) is 11.9. The van der Waals surface area contributed by atoms with Crippen molar-refractivity contribution < 1.29 is 37.2 Å². The maximum atomic E-state index is 13.4. The van der Waals surface area contributed by atoms with Crippen LogP contribution in [0.15, 0.2) is 65.6 Å². The predicted molar refractivity (Wildman–Crippen MR) is 153 cm³/mol. The number of sulfonamides is 1. The van der Waals surface area contributed by atoms with Crippen LogP contribution in [0, 0.1) is 6.92 Å². The topological polar surface area (TPSA) is 134 Å². The van der Waals surface area contributed by atoms with Crippen LogP contribution in [-0.2, 0) is 20.2 Å². The van der Waals surface area contributed by atoms with Gasteiger partial charge in [-0.15, -0.1) is 0 Å². The molecule has 1 heterocycles. The number of fused-ring (bicyclic) bond motifs is 1. The number of ether oxygens (including phenoxy) is 2. The van der Waals surface area contributed by atoms with Crippen LogP contribution in [0.4, 0.5) is 5.69 Å². The Labute approximate surface area is 232 Å². The Balaban J connectivity index is 0.00000205. The minimum Gasteiger partial charge on any atom is -0.454 e. The summed E-state index contributed by atoms with van der Waals surface area (Å²) in [6, 6.07) is 17.6. The molecule has 0 spiro atoms. The number of carbonyl (C=O) groups is 1. The zero-order valence-corrected chi connectivity index (χ0v) is 22.7. The number of benzene rings is 3. The van der Waals surface area contributed by atoms with Crippen molar-refractivity contribution in [2.24, 2.45) is 0 Å². The van der Waals surface area contributed by atoms with Gasteiger partial charge in [0.25, 0.3) is 0 Å². The Hall–Kier alpha value is -3.44. The van der Waals surface area contributed by atoms with E-state index < -0.39 is 34.2 Å². The summed E-state index contributed by atoms with van der Waals surface area (Å²) >= 11 is 0. The molecule has 0 radical (unpaired) electrons. The lowest BCUT2D eigenvalue weighted by atomic mass is 9.94. The second-order valence-electron chi connectivity index (χ2n) is 10.2. The zero-order valence-electron chi connectivity index (χ0n) is 21.9. The van der Waals surface area contributed by atoms with Gasteiger partial charge in [-0.3, -0.25) is 4.79 Å². The van der Waals surface area contributed by atoms with Crippen molar-refractivity contribution in [1.29, 1.82) is 0 Å². The molecule has 1 amide bonds. The lowest BCUT2D eigenvalue weighted by molar-refractivity contribution is -0.118. The third kappa shape index (κ3) is 5.12. The summed E-state index contributed by atoms with van der Waals surface area (Å²) in [5.41, 5.74) is 2.20. The van der Waals surface area contributed by atoms with E-state index >= 15 is 0 Å². The fraction of sp³-hybridized carbons (Fsp3) is 0.345. The van der Waals surface area contributed by atoms with Gasteiger partial charge in [0, 0.05) is 9.97 Å². The van der Waals surface area contributed by atoms with Gasteiger partial charge in [-0.2, -0.15) is 0 Å². The minimum atomic E-state index is -3.97. The predicted octanol–water partition coefficient (Wildman–Crippen LogP) is 4.21. The van der Waals surface area contributed by atoms with Crippen LogP contribution in [0.5, 0.6) is 11.5 Å². The molecule has 0 unspecified atom stereocenters. The highest BCUT2D eigenvalue weighted by Gasteiger charge is 2.51. The van der Waals surface area contributed by atoms with E-state index in [0.717, 1.165) is 35.1 Å². The van der Waals surface area contributed by atoms with Crippen molar-refractivity contribution in [3.8, 4) is 22.6 Å². The van der Waals surface area contributed by atoms with Gasteiger partial charge >= 0.3 is 0 Å². The Morgan fingerprint density at radius 3 is 2.33 bits per heavy atom. The molecule has 0 bridgehead atoms. The number of amides is 1. The number of anilines is 1. The highest BCUT2D eigenvalue weighted by Crippen LogP contribution is 2.51. The van der Waals surface area contributed by atoms with E-state index in [0.29, 0.717) is 17.2 Å². The van der Waals surface area contributed by atoms with Crippen LogP contribution >= 0.6 is 0 Å². The first-order valence-corrected chi connectivity index (χ1v) is 14.3. The quantitative estimate of drug-likeness (QED) is 0.293. The molecule has 4 N–H and O–H groups in total.